The summed E-state index contributed by atoms with van der Waals surface area (Å²) in [6.45, 7) is 0.0247. The average Bonchev–Trinajstić information content (AvgIpc) is 3.14. The van der Waals surface area contributed by atoms with Crippen molar-refractivity contribution in [3.63, 3.8) is 0 Å². The molecular formula is C42H26B2N2O2. The van der Waals surface area contributed by atoms with Gasteiger partial charge in [0.25, 0.3) is 13.4 Å². The molecule has 0 fully saturated rings. The first-order chi connectivity index (χ1) is 23.8. The Bertz CT molecular complexity index is 2280. The van der Waals surface area contributed by atoms with Gasteiger partial charge in [0.15, 0.2) is 0 Å². The third kappa shape index (κ3) is 3.46. The number of nitrogens with zero attached hydrogens (tertiary/aromatic N) is 2. The van der Waals surface area contributed by atoms with E-state index in [9.17, 15) is 0 Å². The molecule has 0 bridgehead atoms. The first-order valence-corrected chi connectivity index (χ1v) is 16.5. The number of benzene rings is 7. The minimum absolute atomic E-state index is 0.0123. The van der Waals surface area contributed by atoms with Gasteiger partial charge in [0, 0.05) is 34.1 Å². The van der Waals surface area contributed by atoms with Crippen molar-refractivity contribution in [2.24, 2.45) is 0 Å². The summed E-state index contributed by atoms with van der Waals surface area (Å²) in [5.41, 5.74) is 14.2. The molecule has 0 saturated heterocycles. The van der Waals surface area contributed by atoms with E-state index in [0.717, 1.165) is 45.7 Å². The Morgan fingerprint density at radius 3 is 1.23 bits per heavy atom. The van der Waals surface area contributed by atoms with Crippen molar-refractivity contribution in [2.45, 2.75) is 0 Å². The second-order valence-corrected chi connectivity index (χ2v) is 12.8. The van der Waals surface area contributed by atoms with Gasteiger partial charge in [-0.3, -0.25) is 0 Å². The highest BCUT2D eigenvalue weighted by atomic mass is 16.5. The summed E-state index contributed by atoms with van der Waals surface area (Å²) in [4.78, 5) is 4.85. The molecule has 4 aliphatic rings. The number of hydrogen-bond donors (Lipinski definition) is 0. The number of fused-ring (bicyclic) bond motifs is 8. The number of anilines is 6. The zero-order chi connectivity index (χ0) is 31.3. The monoisotopic (exact) mass is 612 g/mol. The van der Waals surface area contributed by atoms with Crippen LogP contribution >= 0.6 is 0 Å². The molecule has 0 saturated carbocycles. The summed E-state index contributed by atoms with van der Waals surface area (Å²) in [5, 5.41) is 0. The Kier molecular flexibility index (Phi) is 5.25. The van der Waals surface area contributed by atoms with Crippen LogP contribution in [0, 0.1) is 0 Å². The molecule has 0 spiro atoms. The Morgan fingerprint density at radius 1 is 0.333 bits per heavy atom. The molecule has 0 radical (unpaired) electrons. The maximum absolute atomic E-state index is 6.62. The topological polar surface area (TPSA) is 24.9 Å². The van der Waals surface area contributed by atoms with Gasteiger partial charge in [-0.15, -0.1) is 0 Å². The number of hydrogen-bond acceptors (Lipinski definition) is 4. The predicted octanol–water partition coefficient (Wildman–Crippen LogP) is 6.50. The molecule has 4 aliphatic heterocycles. The van der Waals surface area contributed by atoms with Crippen molar-refractivity contribution in [3.05, 3.63) is 158 Å². The summed E-state index contributed by atoms with van der Waals surface area (Å²) >= 11 is 0. The molecule has 6 heteroatoms. The molecule has 4 nitrogen and oxygen atoms in total. The van der Waals surface area contributed by atoms with Gasteiger partial charge in [0.05, 0.1) is 0 Å². The lowest BCUT2D eigenvalue weighted by molar-refractivity contribution is 0.487. The summed E-state index contributed by atoms with van der Waals surface area (Å²) in [6, 6.07) is 56.4. The van der Waals surface area contributed by atoms with E-state index in [1.165, 1.54) is 44.2 Å². The van der Waals surface area contributed by atoms with Crippen molar-refractivity contribution >= 4 is 80.3 Å². The lowest BCUT2D eigenvalue weighted by Crippen LogP contribution is -2.63. The van der Waals surface area contributed by atoms with Crippen LogP contribution in [-0.2, 0) is 0 Å². The van der Waals surface area contributed by atoms with Crippen molar-refractivity contribution < 1.29 is 9.47 Å². The highest BCUT2D eigenvalue weighted by Gasteiger charge is 2.46. The van der Waals surface area contributed by atoms with Gasteiger partial charge in [-0.1, -0.05) is 91.0 Å². The van der Waals surface area contributed by atoms with E-state index in [1.54, 1.807) is 0 Å². The molecule has 7 aromatic rings. The van der Waals surface area contributed by atoms with Crippen LogP contribution in [-0.4, -0.2) is 13.4 Å². The van der Waals surface area contributed by atoms with E-state index >= 15 is 0 Å². The Labute approximate surface area is 279 Å². The normalized spacial score (nSPS) is 14.0. The first kappa shape index (κ1) is 26.0. The number of ether oxygens (including phenoxy) is 2. The average molecular weight is 612 g/mol. The van der Waals surface area contributed by atoms with E-state index in [4.69, 9.17) is 9.47 Å². The molecule has 0 N–H and O–H groups in total. The molecule has 0 aromatic heterocycles. The molecule has 0 aliphatic carbocycles. The van der Waals surface area contributed by atoms with Crippen LogP contribution in [0.1, 0.15) is 0 Å². The Morgan fingerprint density at radius 2 is 0.750 bits per heavy atom. The first-order valence-electron chi connectivity index (χ1n) is 16.5. The van der Waals surface area contributed by atoms with Gasteiger partial charge in [0.1, 0.15) is 23.0 Å². The fourth-order valence-corrected chi connectivity index (χ4v) is 8.46. The maximum Gasteiger partial charge on any atom is 0.256 e. The van der Waals surface area contributed by atoms with Crippen molar-refractivity contribution in [1.82, 2.24) is 0 Å². The largest absolute Gasteiger partial charge is 0.458 e. The van der Waals surface area contributed by atoms with Crippen LogP contribution < -0.4 is 52.1 Å². The van der Waals surface area contributed by atoms with Crippen molar-refractivity contribution in [3.8, 4) is 23.0 Å². The van der Waals surface area contributed by atoms with E-state index in [2.05, 4.69) is 168 Å². The third-order valence-electron chi connectivity index (χ3n) is 10.4. The molecule has 11 rings (SSSR count). The lowest BCUT2D eigenvalue weighted by atomic mass is 9.31. The molecule has 48 heavy (non-hydrogen) atoms. The van der Waals surface area contributed by atoms with E-state index < -0.39 is 0 Å². The molecule has 222 valence electrons. The fraction of sp³-hybridized carbons (Fsp3) is 0. The van der Waals surface area contributed by atoms with Gasteiger partial charge < -0.3 is 19.3 Å². The fourth-order valence-electron chi connectivity index (χ4n) is 8.46. The third-order valence-corrected chi connectivity index (χ3v) is 10.4. The molecule has 4 heterocycles. The quantitative estimate of drug-likeness (QED) is 0.209. The summed E-state index contributed by atoms with van der Waals surface area (Å²) < 4.78 is 13.2. The molecular weight excluding hydrogens is 586 g/mol. The second-order valence-electron chi connectivity index (χ2n) is 12.8. The Hall–Kier alpha value is -6.13. The van der Waals surface area contributed by atoms with Crippen LogP contribution in [0.4, 0.5) is 34.1 Å². The predicted molar refractivity (Wildman–Crippen MR) is 198 cm³/mol. The smallest absolute Gasteiger partial charge is 0.256 e. The standard InChI is InChI=1S/C42H26B2N2O2/c1-3-13-27(14-4-1)45-33-19-11-23-39-41(33)43(29-17-7-9-21-37(29)47-39)31-25-32-36(26-35(31)45)46(28-15-5-2-6-16-28)34-20-12-24-40-42(34)44(32)30-18-8-10-22-38(30)48-40/h1-26H. The summed E-state index contributed by atoms with van der Waals surface area (Å²) in [5.74, 6) is 3.66. The van der Waals surface area contributed by atoms with Crippen LogP contribution in [0.3, 0.4) is 0 Å². The number of para-hydroxylation sites is 4. The van der Waals surface area contributed by atoms with Crippen molar-refractivity contribution in [1.29, 1.82) is 0 Å². The molecule has 0 unspecified atom stereocenters. The molecule has 0 atom stereocenters. The van der Waals surface area contributed by atoms with Crippen LogP contribution in [0.5, 0.6) is 23.0 Å². The lowest BCUT2D eigenvalue weighted by Gasteiger charge is -2.44. The maximum atomic E-state index is 6.62. The van der Waals surface area contributed by atoms with E-state index in [-0.39, 0.29) is 13.4 Å². The SMILES string of the molecule is c1ccc(N2c3cc4c(cc3B3c5ccccc5Oc5cccc2c53)B2c3ccccc3Oc3cccc(c32)N4c2ccccc2)cc1. The van der Waals surface area contributed by atoms with Gasteiger partial charge in [-0.05, 0) is 99.5 Å². The zero-order valence-electron chi connectivity index (χ0n) is 25.9. The van der Waals surface area contributed by atoms with E-state index in [1.807, 2.05) is 0 Å². The molecule has 7 aromatic carbocycles. The van der Waals surface area contributed by atoms with Gasteiger partial charge >= 0.3 is 0 Å². The van der Waals surface area contributed by atoms with Crippen LogP contribution in [0.2, 0.25) is 0 Å². The van der Waals surface area contributed by atoms with E-state index in [0.29, 0.717) is 0 Å². The number of rotatable bonds is 2. The molecule has 0 amide bonds. The minimum Gasteiger partial charge on any atom is -0.458 e. The van der Waals surface area contributed by atoms with Gasteiger partial charge in [-0.2, -0.15) is 0 Å². The minimum atomic E-state index is 0.0123. The van der Waals surface area contributed by atoms with Crippen LogP contribution in [0.25, 0.3) is 0 Å². The highest BCUT2D eigenvalue weighted by molar-refractivity contribution is 7.02. The van der Waals surface area contributed by atoms with Gasteiger partial charge in [0.2, 0.25) is 0 Å². The zero-order valence-corrected chi connectivity index (χ0v) is 25.9. The van der Waals surface area contributed by atoms with Crippen LogP contribution in [0.15, 0.2) is 158 Å². The highest BCUT2D eigenvalue weighted by Crippen LogP contribution is 2.45. The summed E-state index contributed by atoms with van der Waals surface area (Å²) in [7, 11) is 0. The Balaban J connectivity index is 1.27. The second kappa shape index (κ2) is 9.69. The summed E-state index contributed by atoms with van der Waals surface area (Å²) in [6.07, 6.45) is 0. The van der Waals surface area contributed by atoms with Crippen molar-refractivity contribution in [2.75, 3.05) is 9.80 Å². The van der Waals surface area contributed by atoms with Gasteiger partial charge in [-0.25, -0.2) is 0 Å².